The molecular formula is C8H15NO6. The molecule has 15 heavy (non-hydrogen) atoms. The molecule has 0 aliphatic rings. The zero-order chi connectivity index (χ0) is 12.4. The molecule has 1 atom stereocenters. The molecule has 0 aliphatic carbocycles. The number of nitrogens with two attached hydrogens (primary N) is 1. The molecule has 0 saturated carbocycles. The third kappa shape index (κ3) is 15.2. The van der Waals surface area contributed by atoms with Gasteiger partial charge in [0.05, 0.1) is 0 Å². The fourth-order valence-electron chi connectivity index (χ4n) is 0.402. The lowest BCUT2D eigenvalue weighted by molar-refractivity contribution is -0.140. The van der Waals surface area contributed by atoms with Crippen molar-refractivity contribution < 1.29 is 29.7 Å². The molecule has 0 unspecified atom stereocenters. The van der Waals surface area contributed by atoms with Crippen molar-refractivity contribution in [1.29, 1.82) is 0 Å². The van der Waals surface area contributed by atoms with Gasteiger partial charge in [0, 0.05) is 12.8 Å². The van der Waals surface area contributed by atoms with Gasteiger partial charge in [0.2, 0.25) is 0 Å². The summed E-state index contributed by atoms with van der Waals surface area (Å²) in [5.74, 6) is -2.94. The highest BCUT2D eigenvalue weighted by Crippen LogP contribution is 1.93. The van der Waals surface area contributed by atoms with E-state index in [4.69, 9.17) is 21.1 Å². The Morgan fingerprint density at radius 3 is 1.73 bits per heavy atom. The average Bonchev–Trinajstić information content (AvgIpc) is 2.14. The smallest absolute Gasteiger partial charge is 0.320 e. The molecule has 0 radical (unpaired) electrons. The van der Waals surface area contributed by atoms with Gasteiger partial charge in [-0.15, -0.1) is 0 Å². The maximum atomic E-state index is 9.99. The Balaban J connectivity index is 0. The van der Waals surface area contributed by atoms with E-state index in [0.29, 0.717) is 0 Å². The first-order chi connectivity index (χ1) is 6.81. The molecule has 0 bridgehead atoms. The van der Waals surface area contributed by atoms with Crippen LogP contribution in [0.25, 0.3) is 0 Å². The van der Waals surface area contributed by atoms with Crippen LogP contribution in [0.4, 0.5) is 0 Å². The molecule has 0 aromatic carbocycles. The maximum Gasteiger partial charge on any atom is 0.320 e. The zero-order valence-electron chi connectivity index (χ0n) is 8.34. The summed E-state index contributed by atoms with van der Waals surface area (Å²) in [7, 11) is 0. The second-order valence-electron chi connectivity index (χ2n) is 2.62. The van der Waals surface area contributed by atoms with E-state index in [9.17, 15) is 14.4 Å². The molecule has 0 aliphatic heterocycles. The van der Waals surface area contributed by atoms with Gasteiger partial charge in [-0.05, 0) is 6.42 Å². The normalized spacial score (nSPS) is 10.8. The number of carboxylic acid groups (broad SMARTS) is 3. The van der Waals surface area contributed by atoms with Crippen molar-refractivity contribution in [3.8, 4) is 0 Å². The topological polar surface area (TPSA) is 138 Å². The summed E-state index contributed by atoms with van der Waals surface area (Å²) in [6, 6.07) is -1.06. The molecule has 7 nitrogen and oxygen atoms in total. The van der Waals surface area contributed by atoms with Gasteiger partial charge in [0.1, 0.15) is 6.04 Å². The highest BCUT2D eigenvalue weighted by molar-refractivity contribution is 5.74. The lowest BCUT2D eigenvalue weighted by Crippen LogP contribution is -2.30. The molecule has 0 fully saturated rings. The van der Waals surface area contributed by atoms with E-state index < -0.39 is 23.9 Å². The van der Waals surface area contributed by atoms with Gasteiger partial charge >= 0.3 is 17.9 Å². The Labute approximate surface area is 86.5 Å². The van der Waals surface area contributed by atoms with Gasteiger partial charge in [0.25, 0.3) is 0 Å². The minimum Gasteiger partial charge on any atom is -0.481 e. The van der Waals surface area contributed by atoms with Crippen LogP contribution in [0.5, 0.6) is 0 Å². The zero-order valence-corrected chi connectivity index (χ0v) is 8.34. The summed E-state index contributed by atoms with van der Waals surface area (Å²) >= 11 is 0. The van der Waals surface area contributed by atoms with Crippen molar-refractivity contribution in [2.75, 3.05) is 0 Å². The largest absolute Gasteiger partial charge is 0.481 e. The van der Waals surface area contributed by atoms with Crippen LogP contribution in [0.15, 0.2) is 0 Å². The van der Waals surface area contributed by atoms with Gasteiger partial charge in [-0.25, -0.2) is 0 Å². The first-order valence-electron chi connectivity index (χ1n) is 4.23. The molecule has 0 rings (SSSR count). The quantitative estimate of drug-likeness (QED) is 0.501. The van der Waals surface area contributed by atoms with E-state index in [1.165, 1.54) is 0 Å². The summed E-state index contributed by atoms with van der Waals surface area (Å²) in [4.78, 5) is 29.2. The summed E-state index contributed by atoms with van der Waals surface area (Å²) in [6.45, 7) is 1.60. The molecule has 88 valence electrons. The predicted molar refractivity (Wildman–Crippen MR) is 50.4 cm³/mol. The molecule has 7 heteroatoms. The van der Waals surface area contributed by atoms with Gasteiger partial charge in [-0.1, -0.05) is 6.92 Å². The first-order valence-corrected chi connectivity index (χ1v) is 4.23. The molecule has 5 N–H and O–H groups in total. The first kappa shape index (κ1) is 15.8. The Kier molecular flexibility index (Phi) is 9.44. The van der Waals surface area contributed by atoms with Crippen molar-refractivity contribution in [2.45, 2.75) is 32.2 Å². The monoisotopic (exact) mass is 221 g/mol. The summed E-state index contributed by atoms with van der Waals surface area (Å²) in [5, 5.41) is 24.0. The van der Waals surface area contributed by atoms with E-state index in [1.807, 2.05) is 0 Å². The highest BCUT2D eigenvalue weighted by atomic mass is 16.4. The number of carbonyl (C=O) groups is 3. The fraction of sp³-hybridized carbons (Fsp3) is 0.625. The predicted octanol–water partition coefficient (Wildman–Crippen LogP) is -0.256. The van der Waals surface area contributed by atoms with Gasteiger partial charge in [-0.2, -0.15) is 0 Å². The van der Waals surface area contributed by atoms with Crippen molar-refractivity contribution in [3.63, 3.8) is 0 Å². The summed E-state index contributed by atoms with van der Waals surface area (Å²) in [5.41, 5.74) is 5.00. The van der Waals surface area contributed by atoms with Crippen LogP contribution in [-0.2, 0) is 14.4 Å². The van der Waals surface area contributed by atoms with Crippen molar-refractivity contribution >= 4 is 17.9 Å². The average molecular weight is 221 g/mol. The second kappa shape index (κ2) is 8.95. The van der Waals surface area contributed by atoms with E-state index in [1.54, 1.807) is 6.92 Å². The highest BCUT2D eigenvalue weighted by Gasteiger charge is 2.12. The van der Waals surface area contributed by atoms with Crippen LogP contribution in [0.3, 0.4) is 0 Å². The molecule has 0 amide bonds. The lowest BCUT2D eigenvalue weighted by atomic mass is 10.2. The number of aliphatic carboxylic acids is 3. The molecular weight excluding hydrogens is 206 g/mol. The minimum atomic E-state index is -1.17. The molecule has 0 spiro atoms. The van der Waals surface area contributed by atoms with E-state index in [-0.39, 0.29) is 19.3 Å². The summed E-state index contributed by atoms with van der Waals surface area (Å²) < 4.78 is 0. The molecule has 0 aromatic heterocycles. The van der Waals surface area contributed by atoms with Crippen molar-refractivity contribution in [2.24, 2.45) is 5.73 Å². The minimum absolute atomic E-state index is 0.0231. The van der Waals surface area contributed by atoms with Crippen LogP contribution in [0.1, 0.15) is 26.2 Å². The van der Waals surface area contributed by atoms with Crippen molar-refractivity contribution in [3.05, 3.63) is 0 Å². The summed E-state index contributed by atoms with van der Waals surface area (Å²) in [6.07, 6.45) is -0.00185. The Bertz CT molecular complexity index is 227. The van der Waals surface area contributed by atoms with Crippen LogP contribution >= 0.6 is 0 Å². The van der Waals surface area contributed by atoms with Gasteiger partial charge in [0.15, 0.2) is 0 Å². The second-order valence-corrected chi connectivity index (χ2v) is 2.62. The standard InChI is InChI=1S/C5H9NO4.C3H6O2/c6-3(5(9)10)1-2-4(7)8;1-2-3(4)5/h3H,1-2,6H2,(H,7,8)(H,9,10);2H2,1H3,(H,4,5)/t3-;/m0./s1. The van der Waals surface area contributed by atoms with E-state index in [0.717, 1.165) is 0 Å². The number of hydrogen-bond acceptors (Lipinski definition) is 4. The van der Waals surface area contributed by atoms with Crippen LogP contribution in [-0.4, -0.2) is 39.3 Å². The van der Waals surface area contributed by atoms with Crippen molar-refractivity contribution in [1.82, 2.24) is 0 Å². The lowest BCUT2D eigenvalue weighted by Gasteiger charge is -2.01. The van der Waals surface area contributed by atoms with Crippen LogP contribution < -0.4 is 5.73 Å². The third-order valence-electron chi connectivity index (χ3n) is 1.29. The number of hydrogen-bond donors (Lipinski definition) is 4. The number of carboxylic acids is 3. The van der Waals surface area contributed by atoms with Gasteiger partial charge < -0.3 is 21.1 Å². The van der Waals surface area contributed by atoms with Gasteiger partial charge in [-0.3, -0.25) is 14.4 Å². The molecule has 0 heterocycles. The fourth-order valence-corrected chi connectivity index (χ4v) is 0.402. The maximum absolute atomic E-state index is 9.99. The Morgan fingerprint density at radius 1 is 1.13 bits per heavy atom. The van der Waals surface area contributed by atoms with Crippen LogP contribution in [0, 0.1) is 0 Å². The Hall–Kier alpha value is -1.63. The SMILES string of the molecule is CCC(=O)O.N[C@@H](CCC(=O)O)C(=O)O. The van der Waals surface area contributed by atoms with E-state index in [2.05, 4.69) is 0 Å². The third-order valence-corrected chi connectivity index (χ3v) is 1.29. The Morgan fingerprint density at radius 2 is 1.53 bits per heavy atom. The molecule has 0 saturated heterocycles. The molecule has 0 aromatic rings. The number of rotatable bonds is 5. The van der Waals surface area contributed by atoms with E-state index >= 15 is 0 Å². The van der Waals surface area contributed by atoms with Crippen LogP contribution in [0.2, 0.25) is 0 Å².